The van der Waals surface area contributed by atoms with Gasteiger partial charge < -0.3 is 14.8 Å². The van der Waals surface area contributed by atoms with E-state index < -0.39 is 11.3 Å². The molecule has 1 aliphatic rings. The summed E-state index contributed by atoms with van der Waals surface area (Å²) < 4.78 is 1.78. The third kappa shape index (κ3) is 5.56. The fourth-order valence-electron chi connectivity index (χ4n) is 3.92. The number of hydrogen-bond acceptors (Lipinski definition) is 3. The van der Waals surface area contributed by atoms with Crippen LogP contribution >= 0.6 is 11.6 Å². The minimum atomic E-state index is -0.528. The van der Waals surface area contributed by atoms with Crippen molar-refractivity contribution in [2.75, 3.05) is 13.1 Å². The van der Waals surface area contributed by atoms with E-state index in [0.717, 1.165) is 24.8 Å². The number of benzene rings is 1. The van der Waals surface area contributed by atoms with E-state index in [9.17, 15) is 14.4 Å². The van der Waals surface area contributed by atoms with Gasteiger partial charge in [-0.1, -0.05) is 43.6 Å². The summed E-state index contributed by atoms with van der Waals surface area (Å²) in [7, 11) is 0. The monoisotopic (exact) mass is 443 g/mol. The molecule has 3 rings (SSSR count). The average molecular weight is 444 g/mol. The molecule has 166 valence electrons. The predicted octanol–water partition coefficient (Wildman–Crippen LogP) is 4.27. The first-order valence-corrected chi connectivity index (χ1v) is 11.2. The number of hydrogen-bond donors (Lipinski definition) is 1. The Labute approximate surface area is 188 Å². The van der Waals surface area contributed by atoms with Gasteiger partial charge in [0.1, 0.15) is 11.1 Å². The molecule has 6 nitrogen and oxygen atoms in total. The summed E-state index contributed by atoms with van der Waals surface area (Å²) in [6, 6.07) is 6.87. The fraction of sp³-hybridized carbons (Fsp3) is 0.458. The maximum atomic E-state index is 13.2. The lowest BCUT2D eigenvalue weighted by molar-refractivity contribution is 0.0722. The van der Waals surface area contributed by atoms with E-state index in [-0.39, 0.29) is 23.1 Å². The highest BCUT2D eigenvalue weighted by molar-refractivity contribution is 6.31. The Bertz CT molecular complexity index is 1010. The number of nitrogens with zero attached hydrogens (tertiary/aromatic N) is 2. The molecule has 0 radical (unpaired) electrons. The van der Waals surface area contributed by atoms with Gasteiger partial charge in [-0.2, -0.15) is 0 Å². The van der Waals surface area contributed by atoms with Crippen molar-refractivity contribution >= 4 is 23.4 Å². The molecule has 1 aromatic carbocycles. The van der Waals surface area contributed by atoms with E-state index in [2.05, 4.69) is 5.32 Å². The molecule has 0 saturated carbocycles. The summed E-state index contributed by atoms with van der Waals surface area (Å²) in [6.45, 7) is 7.78. The Balaban J connectivity index is 1.94. The largest absolute Gasteiger partial charge is 0.352 e. The highest BCUT2D eigenvalue weighted by Gasteiger charge is 2.25. The van der Waals surface area contributed by atoms with Gasteiger partial charge in [0, 0.05) is 37.1 Å². The maximum Gasteiger partial charge on any atom is 0.259 e. The number of carbonyl (C=O) groups is 2. The molecular weight excluding hydrogens is 414 g/mol. The number of nitrogens with one attached hydrogen (secondary N) is 1. The van der Waals surface area contributed by atoms with E-state index in [0.29, 0.717) is 30.6 Å². The van der Waals surface area contributed by atoms with Crippen LogP contribution in [-0.2, 0) is 6.54 Å². The zero-order valence-corrected chi connectivity index (χ0v) is 19.1. The predicted molar refractivity (Wildman–Crippen MR) is 123 cm³/mol. The lowest BCUT2D eigenvalue weighted by Crippen LogP contribution is -2.40. The molecule has 1 aliphatic heterocycles. The summed E-state index contributed by atoms with van der Waals surface area (Å²) in [6.07, 6.45) is 6.09. The molecule has 2 aromatic rings. The van der Waals surface area contributed by atoms with Crippen molar-refractivity contribution in [2.45, 2.75) is 52.6 Å². The summed E-state index contributed by atoms with van der Waals surface area (Å²) in [5, 5.41) is 3.40. The van der Waals surface area contributed by atoms with Crippen LogP contribution in [0.25, 0.3) is 0 Å². The highest BCUT2D eigenvalue weighted by Crippen LogP contribution is 2.22. The number of aromatic nitrogens is 1. The number of amides is 2. The molecule has 1 N–H and O–H groups in total. The second-order valence-corrected chi connectivity index (χ2v) is 8.98. The molecule has 0 spiro atoms. The van der Waals surface area contributed by atoms with Crippen LogP contribution < -0.4 is 10.7 Å². The first-order chi connectivity index (χ1) is 14.8. The molecule has 0 unspecified atom stereocenters. The Hall–Kier alpha value is -2.60. The lowest BCUT2D eigenvalue weighted by Gasteiger charge is -2.27. The maximum absolute atomic E-state index is 13.2. The van der Waals surface area contributed by atoms with Crippen LogP contribution in [0.3, 0.4) is 0 Å². The fourth-order valence-corrected chi connectivity index (χ4v) is 4.22. The van der Waals surface area contributed by atoms with Crippen LogP contribution in [0.4, 0.5) is 0 Å². The van der Waals surface area contributed by atoms with Crippen molar-refractivity contribution < 1.29 is 9.59 Å². The first kappa shape index (κ1) is 23.1. The molecule has 2 heterocycles. The standard InChI is InChI=1S/C24H30ClN3O3/c1-16(2)13-27-14-19(23(30)26-17(3)18-9-5-6-10-21(18)25)22(29)20(15-27)24(31)28-11-7-4-8-12-28/h5-6,9-10,14-17H,4,7-8,11-13H2,1-3H3,(H,26,30)/t17-/m0/s1. The van der Waals surface area contributed by atoms with Crippen LogP contribution in [0.1, 0.15) is 72.4 Å². The van der Waals surface area contributed by atoms with Gasteiger partial charge in [-0.15, -0.1) is 0 Å². The minimum absolute atomic E-state index is 0.0255. The topological polar surface area (TPSA) is 71.4 Å². The van der Waals surface area contributed by atoms with Gasteiger partial charge in [-0.3, -0.25) is 14.4 Å². The Kier molecular flexibility index (Phi) is 7.55. The minimum Gasteiger partial charge on any atom is -0.352 e. The van der Waals surface area contributed by atoms with Gasteiger partial charge in [0.15, 0.2) is 0 Å². The Morgan fingerprint density at radius 2 is 1.68 bits per heavy atom. The summed E-state index contributed by atoms with van der Waals surface area (Å²) in [4.78, 5) is 41.0. The third-order valence-electron chi connectivity index (χ3n) is 5.49. The van der Waals surface area contributed by atoms with Gasteiger partial charge in [0.05, 0.1) is 6.04 Å². The van der Waals surface area contributed by atoms with E-state index in [1.165, 1.54) is 0 Å². The first-order valence-electron chi connectivity index (χ1n) is 10.9. The Morgan fingerprint density at radius 1 is 1.03 bits per heavy atom. The van der Waals surface area contributed by atoms with E-state index in [1.807, 2.05) is 39.0 Å². The number of carbonyl (C=O) groups excluding carboxylic acids is 2. The number of halogens is 1. The van der Waals surface area contributed by atoms with Crippen molar-refractivity contribution in [1.82, 2.24) is 14.8 Å². The van der Waals surface area contributed by atoms with Crippen LogP contribution in [0.5, 0.6) is 0 Å². The molecule has 7 heteroatoms. The molecular formula is C24H30ClN3O3. The summed E-state index contributed by atoms with van der Waals surface area (Å²) >= 11 is 6.25. The van der Waals surface area contributed by atoms with Crippen molar-refractivity contribution in [3.8, 4) is 0 Å². The van der Waals surface area contributed by atoms with Gasteiger partial charge >= 0.3 is 0 Å². The highest BCUT2D eigenvalue weighted by atomic mass is 35.5. The Morgan fingerprint density at radius 3 is 2.32 bits per heavy atom. The molecule has 0 aliphatic carbocycles. The van der Waals surface area contributed by atoms with Crippen LogP contribution in [0, 0.1) is 5.92 Å². The normalized spacial score (nSPS) is 15.1. The van der Waals surface area contributed by atoms with Gasteiger partial charge in [0.2, 0.25) is 5.43 Å². The van der Waals surface area contributed by atoms with Crippen LogP contribution in [-0.4, -0.2) is 34.4 Å². The smallest absolute Gasteiger partial charge is 0.259 e. The van der Waals surface area contributed by atoms with Gasteiger partial charge in [0.25, 0.3) is 11.8 Å². The molecule has 0 bridgehead atoms. The van der Waals surface area contributed by atoms with Crippen LogP contribution in [0.15, 0.2) is 41.5 Å². The molecule has 1 fully saturated rings. The third-order valence-corrected chi connectivity index (χ3v) is 5.84. The number of likely N-dealkylation sites (tertiary alicyclic amines) is 1. The molecule has 1 saturated heterocycles. The summed E-state index contributed by atoms with van der Waals surface area (Å²) in [5.41, 5.74) is 0.267. The molecule has 2 amide bonds. The molecule has 31 heavy (non-hydrogen) atoms. The number of rotatable bonds is 6. The van der Waals surface area contributed by atoms with E-state index in [4.69, 9.17) is 11.6 Å². The van der Waals surface area contributed by atoms with Crippen molar-refractivity contribution in [3.63, 3.8) is 0 Å². The number of piperidine rings is 1. The lowest BCUT2D eigenvalue weighted by atomic mass is 10.1. The quantitative estimate of drug-likeness (QED) is 0.724. The molecule has 1 aromatic heterocycles. The van der Waals surface area contributed by atoms with Crippen molar-refractivity contribution in [1.29, 1.82) is 0 Å². The SMILES string of the molecule is CC(C)Cn1cc(C(=O)N[C@@H](C)c2ccccc2Cl)c(=O)c(C(=O)N2CCCCC2)c1. The zero-order valence-electron chi connectivity index (χ0n) is 18.4. The van der Waals surface area contributed by atoms with Crippen molar-refractivity contribution in [3.05, 3.63) is 68.6 Å². The second-order valence-electron chi connectivity index (χ2n) is 8.57. The average Bonchev–Trinajstić information content (AvgIpc) is 2.74. The van der Waals surface area contributed by atoms with E-state index >= 15 is 0 Å². The zero-order chi connectivity index (χ0) is 22.5. The van der Waals surface area contributed by atoms with Crippen LogP contribution in [0.2, 0.25) is 5.02 Å². The van der Waals surface area contributed by atoms with Crippen molar-refractivity contribution in [2.24, 2.45) is 5.92 Å². The number of pyridine rings is 1. The van der Waals surface area contributed by atoms with Gasteiger partial charge in [-0.25, -0.2) is 0 Å². The molecule has 1 atom stereocenters. The second kappa shape index (κ2) is 10.1. The summed E-state index contributed by atoms with van der Waals surface area (Å²) in [5.74, 6) is -0.516. The van der Waals surface area contributed by atoms with Gasteiger partial charge in [-0.05, 0) is 43.7 Å². The van der Waals surface area contributed by atoms with E-state index in [1.54, 1.807) is 27.9 Å².